The molecule has 2 heterocycles. The molecule has 2 aromatic carbocycles. The second kappa shape index (κ2) is 6.79. The summed E-state index contributed by atoms with van der Waals surface area (Å²) >= 11 is 0. The quantitative estimate of drug-likeness (QED) is 0.772. The Morgan fingerprint density at radius 2 is 1.85 bits per heavy atom. The van der Waals surface area contributed by atoms with E-state index in [4.69, 9.17) is 0 Å². The minimum atomic E-state index is -3.62. The van der Waals surface area contributed by atoms with Gasteiger partial charge in [0.15, 0.2) is 0 Å². The molecule has 1 aromatic heterocycles. The van der Waals surface area contributed by atoms with Crippen molar-refractivity contribution in [3.05, 3.63) is 72.6 Å². The Morgan fingerprint density at radius 3 is 2.58 bits per heavy atom. The van der Waals surface area contributed by atoms with Gasteiger partial charge in [0.25, 0.3) is 0 Å². The van der Waals surface area contributed by atoms with E-state index in [1.807, 2.05) is 24.3 Å². The van der Waals surface area contributed by atoms with Crippen LogP contribution in [0.4, 0.5) is 0 Å². The largest absolute Gasteiger partial charge is 0.391 e. The Bertz CT molecular complexity index is 1020. The van der Waals surface area contributed by atoms with Gasteiger partial charge in [-0.2, -0.15) is 4.31 Å². The molecular weight excluding hydrogens is 348 g/mol. The normalized spacial score (nSPS) is 21.7. The fourth-order valence-electron chi connectivity index (χ4n) is 3.60. The predicted molar refractivity (Wildman–Crippen MR) is 100 cm³/mol. The summed E-state index contributed by atoms with van der Waals surface area (Å²) in [5.74, 6) is -0.0695. The molecule has 0 amide bonds. The molecular formula is C20H20N2O3S. The smallest absolute Gasteiger partial charge is 0.244 e. The number of nitrogens with zero attached hydrogens (tertiary/aromatic N) is 2. The first-order chi connectivity index (χ1) is 12.6. The number of aromatic nitrogens is 1. The summed E-state index contributed by atoms with van der Waals surface area (Å²) in [6, 6.07) is 17.4. The van der Waals surface area contributed by atoms with E-state index in [1.54, 1.807) is 12.3 Å². The standard InChI is InChI=1S/C20H20N2O3S/c23-20-14-22(26(24,25)18-6-3-10-21-13-18)11-9-19(20)17-8-7-15-4-1-2-5-16(15)12-17/h1-8,10,12-13,19-20,23H,9,11,14H2. The lowest BCUT2D eigenvalue weighted by molar-refractivity contribution is 0.0855. The van der Waals surface area contributed by atoms with Crippen LogP contribution in [0.25, 0.3) is 10.8 Å². The summed E-state index contributed by atoms with van der Waals surface area (Å²) < 4.78 is 26.8. The molecule has 0 saturated carbocycles. The van der Waals surface area contributed by atoms with Gasteiger partial charge in [0.1, 0.15) is 4.90 Å². The van der Waals surface area contributed by atoms with Crippen molar-refractivity contribution in [2.45, 2.75) is 23.3 Å². The van der Waals surface area contributed by atoms with Gasteiger partial charge >= 0.3 is 0 Å². The van der Waals surface area contributed by atoms with Crippen LogP contribution in [0.5, 0.6) is 0 Å². The van der Waals surface area contributed by atoms with Gasteiger partial charge in [0.2, 0.25) is 10.0 Å². The highest BCUT2D eigenvalue weighted by Gasteiger charge is 2.35. The number of rotatable bonds is 3. The number of sulfonamides is 1. The van der Waals surface area contributed by atoms with Crippen molar-refractivity contribution in [1.29, 1.82) is 0 Å². The summed E-state index contributed by atoms with van der Waals surface area (Å²) in [6.07, 6.45) is 2.73. The van der Waals surface area contributed by atoms with Crippen molar-refractivity contribution in [3.8, 4) is 0 Å². The number of fused-ring (bicyclic) bond motifs is 1. The van der Waals surface area contributed by atoms with Crippen molar-refractivity contribution in [3.63, 3.8) is 0 Å². The molecule has 1 aliphatic heterocycles. The van der Waals surface area contributed by atoms with Gasteiger partial charge in [-0.1, -0.05) is 42.5 Å². The first-order valence-corrected chi connectivity index (χ1v) is 10.1. The second-order valence-electron chi connectivity index (χ2n) is 6.62. The van der Waals surface area contributed by atoms with Gasteiger partial charge in [-0.05, 0) is 34.9 Å². The van der Waals surface area contributed by atoms with Gasteiger partial charge in [0.05, 0.1) is 6.10 Å². The van der Waals surface area contributed by atoms with E-state index in [0.717, 1.165) is 16.3 Å². The Morgan fingerprint density at radius 1 is 1.04 bits per heavy atom. The van der Waals surface area contributed by atoms with E-state index in [2.05, 4.69) is 23.2 Å². The zero-order chi connectivity index (χ0) is 18.1. The summed E-state index contributed by atoms with van der Waals surface area (Å²) in [6.45, 7) is 0.473. The third-order valence-electron chi connectivity index (χ3n) is 5.02. The molecule has 5 nitrogen and oxygen atoms in total. The highest BCUT2D eigenvalue weighted by molar-refractivity contribution is 7.89. The number of piperidine rings is 1. The van der Waals surface area contributed by atoms with Crippen molar-refractivity contribution in [1.82, 2.24) is 9.29 Å². The first kappa shape index (κ1) is 17.1. The zero-order valence-corrected chi connectivity index (χ0v) is 15.0. The molecule has 0 aliphatic carbocycles. The van der Waals surface area contributed by atoms with Crippen LogP contribution in [-0.4, -0.2) is 42.0 Å². The Labute approximate surface area is 153 Å². The van der Waals surface area contributed by atoms with Crippen LogP contribution in [0, 0.1) is 0 Å². The average Bonchev–Trinajstić information content (AvgIpc) is 2.68. The lowest BCUT2D eigenvalue weighted by Crippen LogP contribution is -2.45. The number of β-amino-alcohol motifs (C(OH)–C–C–N with tert-alkyl or cyclic N) is 1. The van der Waals surface area contributed by atoms with Gasteiger partial charge < -0.3 is 5.11 Å². The van der Waals surface area contributed by atoms with Crippen LogP contribution in [-0.2, 0) is 10.0 Å². The van der Waals surface area contributed by atoms with E-state index in [0.29, 0.717) is 13.0 Å². The number of pyridine rings is 1. The molecule has 2 atom stereocenters. The maximum absolute atomic E-state index is 12.7. The van der Waals surface area contributed by atoms with E-state index < -0.39 is 16.1 Å². The molecule has 26 heavy (non-hydrogen) atoms. The average molecular weight is 368 g/mol. The molecule has 3 aromatic rings. The van der Waals surface area contributed by atoms with Crippen LogP contribution in [0.2, 0.25) is 0 Å². The van der Waals surface area contributed by atoms with Gasteiger partial charge in [-0.25, -0.2) is 8.42 Å². The molecule has 1 aliphatic rings. The Kier molecular flexibility index (Phi) is 4.48. The Hall–Kier alpha value is -2.28. The molecule has 0 radical (unpaired) electrons. The molecule has 1 fully saturated rings. The van der Waals surface area contributed by atoms with Crippen molar-refractivity contribution >= 4 is 20.8 Å². The summed E-state index contributed by atoms with van der Waals surface area (Å²) in [7, 11) is -3.62. The van der Waals surface area contributed by atoms with Crippen LogP contribution < -0.4 is 0 Å². The zero-order valence-electron chi connectivity index (χ0n) is 14.2. The highest BCUT2D eigenvalue weighted by Crippen LogP contribution is 2.32. The lowest BCUT2D eigenvalue weighted by Gasteiger charge is -2.35. The SMILES string of the molecule is O=S(=O)(c1cccnc1)N1CCC(c2ccc3ccccc3c2)C(O)C1. The fourth-order valence-corrected chi connectivity index (χ4v) is 5.03. The second-order valence-corrected chi connectivity index (χ2v) is 8.56. The fraction of sp³-hybridized carbons (Fsp3) is 0.250. The minimum Gasteiger partial charge on any atom is -0.391 e. The Balaban J connectivity index is 1.56. The third-order valence-corrected chi connectivity index (χ3v) is 6.87. The molecule has 134 valence electrons. The maximum atomic E-state index is 12.7. The van der Waals surface area contributed by atoms with Gasteiger partial charge in [-0.15, -0.1) is 0 Å². The van der Waals surface area contributed by atoms with Crippen LogP contribution in [0.3, 0.4) is 0 Å². The van der Waals surface area contributed by atoms with E-state index in [-0.39, 0.29) is 17.4 Å². The van der Waals surface area contributed by atoms with Crippen LogP contribution >= 0.6 is 0 Å². The lowest BCUT2D eigenvalue weighted by atomic mass is 9.87. The summed E-state index contributed by atoms with van der Waals surface area (Å²) in [5, 5.41) is 12.9. The molecule has 1 N–H and O–H groups in total. The van der Waals surface area contributed by atoms with Crippen LogP contribution in [0.15, 0.2) is 71.9 Å². The molecule has 6 heteroatoms. The molecule has 2 unspecified atom stereocenters. The summed E-state index contributed by atoms with van der Waals surface area (Å²) in [4.78, 5) is 4.05. The molecule has 4 rings (SSSR count). The monoisotopic (exact) mass is 368 g/mol. The number of aliphatic hydroxyl groups is 1. The number of hydrogen-bond acceptors (Lipinski definition) is 4. The molecule has 1 saturated heterocycles. The third kappa shape index (κ3) is 3.11. The van der Waals surface area contributed by atoms with Gasteiger partial charge in [-0.3, -0.25) is 4.98 Å². The predicted octanol–water partition coefficient (Wildman–Crippen LogP) is 2.77. The minimum absolute atomic E-state index is 0.0695. The molecule has 0 spiro atoms. The van der Waals surface area contributed by atoms with Crippen molar-refractivity contribution in [2.75, 3.05) is 13.1 Å². The first-order valence-electron chi connectivity index (χ1n) is 8.62. The highest BCUT2D eigenvalue weighted by atomic mass is 32.2. The summed E-state index contributed by atoms with van der Waals surface area (Å²) in [5.41, 5.74) is 1.05. The van der Waals surface area contributed by atoms with E-state index >= 15 is 0 Å². The van der Waals surface area contributed by atoms with Crippen molar-refractivity contribution in [2.24, 2.45) is 0 Å². The number of hydrogen-bond donors (Lipinski definition) is 1. The number of aliphatic hydroxyl groups excluding tert-OH is 1. The maximum Gasteiger partial charge on any atom is 0.244 e. The van der Waals surface area contributed by atoms with Crippen molar-refractivity contribution < 1.29 is 13.5 Å². The molecule has 0 bridgehead atoms. The van der Waals surface area contributed by atoms with E-state index in [1.165, 1.54) is 16.6 Å². The van der Waals surface area contributed by atoms with Gasteiger partial charge in [0, 0.05) is 31.4 Å². The van der Waals surface area contributed by atoms with E-state index in [9.17, 15) is 13.5 Å². The number of benzene rings is 2. The van der Waals surface area contributed by atoms with Crippen LogP contribution in [0.1, 0.15) is 17.9 Å². The topological polar surface area (TPSA) is 70.5 Å².